The van der Waals surface area contributed by atoms with Gasteiger partial charge < -0.3 is 5.73 Å². The Balaban J connectivity index is 2.04. The average molecular weight is 274 g/mol. The minimum Gasteiger partial charge on any atom is -0.398 e. The standard InChI is InChI=1S/C14H14N2O2S/c1-10-2-7-14(13(15)8-10)19-9-11-3-5-12(6-4-11)16(17)18/h2-8H,9,15H2,1H3. The Kier molecular flexibility index (Phi) is 4.06. The fourth-order valence-electron chi connectivity index (χ4n) is 1.67. The van der Waals surface area contributed by atoms with Gasteiger partial charge in [-0.3, -0.25) is 10.1 Å². The molecule has 0 aliphatic carbocycles. The van der Waals surface area contributed by atoms with Crippen LogP contribution < -0.4 is 5.73 Å². The zero-order valence-electron chi connectivity index (χ0n) is 10.5. The molecule has 2 rings (SSSR count). The molecule has 2 aromatic rings. The van der Waals surface area contributed by atoms with Crippen LogP contribution in [0.2, 0.25) is 0 Å². The highest BCUT2D eigenvalue weighted by Crippen LogP contribution is 2.29. The maximum atomic E-state index is 10.6. The molecule has 0 atom stereocenters. The van der Waals surface area contributed by atoms with E-state index in [0.29, 0.717) is 0 Å². The number of hydrogen-bond donors (Lipinski definition) is 1. The van der Waals surface area contributed by atoms with Crippen LogP contribution in [0, 0.1) is 17.0 Å². The second kappa shape index (κ2) is 5.75. The molecule has 0 heterocycles. The van der Waals surface area contributed by atoms with Gasteiger partial charge >= 0.3 is 0 Å². The summed E-state index contributed by atoms with van der Waals surface area (Å²) in [6, 6.07) is 12.6. The normalized spacial score (nSPS) is 10.4. The van der Waals surface area contributed by atoms with Gasteiger partial charge in [0.05, 0.1) is 4.92 Å². The number of thioether (sulfide) groups is 1. The molecule has 5 heteroatoms. The van der Waals surface area contributed by atoms with Crippen LogP contribution in [0.4, 0.5) is 11.4 Å². The Morgan fingerprint density at radius 3 is 2.47 bits per heavy atom. The van der Waals surface area contributed by atoms with Crippen LogP contribution in [0.15, 0.2) is 47.4 Å². The molecule has 0 saturated heterocycles. The van der Waals surface area contributed by atoms with Crippen molar-refractivity contribution < 1.29 is 4.92 Å². The Hall–Kier alpha value is -2.01. The van der Waals surface area contributed by atoms with E-state index < -0.39 is 4.92 Å². The number of nitro benzene ring substituents is 1. The lowest BCUT2D eigenvalue weighted by Crippen LogP contribution is -1.91. The van der Waals surface area contributed by atoms with Crippen LogP contribution in [0.1, 0.15) is 11.1 Å². The minimum absolute atomic E-state index is 0.114. The minimum atomic E-state index is -0.394. The van der Waals surface area contributed by atoms with E-state index in [1.807, 2.05) is 25.1 Å². The number of non-ortho nitro benzene ring substituents is 1. The van der Waals surface area contributed by atoms with E-state index >= 15 is 0 Å². The number of hydrogen-bond acceptors (Lipinski definition) is 4. The molecule has 2 N–H and O–H groups in total. The quantitative estimate of drug-likeness (QED) is 0.399. The molecule has 4 nitrogen and oxygen atoms in total. The second-order valence-corrected chi connectivity index (χ2v) is 5.27. The van der Waals surface area contributed by atoms with Crippen molar-refractivity contribution in [2.45, 2.75) is 17.6 Å². The monoisotopic (exact) mass is 274 g/mol. The van der Waals surface area contributed by atoms with E-state index in [1.54, 1.807) is 23.9 Å². The van der Waals surface area contributed by atoms with Crippen molar-refractivity contribution in [1.82, 2.24) is 0 Å². The fourth-order valence-corrected chi connectivity index (χ4v) is 2.58. The highest BCUT2D eigenvalue weighted by Gasteiger charge is 2.05. The Morgan fingerprint density at radius 2 is 1.89 bits per heavy atom. The summed E-state index contributed by atoms with van der Waals surface area (Å²) in [5, 5.41) is 10.6. The largest absolute Gasteiger partial charge is 0.398 e. The molecule has 0 aliphatic heterocycles. The van der Waals surface area contributed by atoms with E-state index in [0.717, 1.165) is 27.5 Å². The van der Waals surface area contributed by atoms with Gasteiger partial charge in [-0.2, -0.15) is 0 Å². The first-order chi connectivity index (χ1) is 9.06. The van der Waals surface area contributed by atoms with Gasteiger partial charge in [-0.05, 0) is 30.2 Å². The molecule has 98 valence electrons. The molecule has 0 aromatic heterocycles. The Morgan fingerprint density at radius 1 is 1.21 bits per heavy atom. The summed E-state index contributed by atoms with van der Waals surface area (Å²) < 4.78 is 0. The third-order valence-electron chi connectivity index (χ3n) is 2.71. The van der Waals surface area contributed by atoms with Crippen molar-refractivity contribution in [3.05, 3.63) is 63.7 Å². The molecule has 19 heavy (non-hydrogen) atoms. The van der Waals surface area contributed by atoms with Crippen molar-refractivity contribution in [2.75, 3.05) is 5.73 Å². The average Bonchev–Trinajstić information content (AvgIpc) is 2.38. The van der Waals surface area contributed by atoms with Crippen LogP contribution in [0.25, 0.3) is 0 Å². The predicted molar refractivity (Wildman–Crippen MR) is 78.2 cm³/mol. The van der Waals surface area contributed by atoms with Gasteiger partial charge in [0, 0.05) is 28.5 Å². The van der Waals surface area contributed by atoms with E-state index in [4.69, 9.17) is 5.73 Å². The van der Waals surface area contributed by atoms with Crippen molar-refractivity contribution in [2.24, 2.45) is 0 Å². The van der Waals surface area contributed by atoms with Crippen molar-refractivity contribution in [3.63, 3.8) is 0 Å². The fraction of sp³-hybridized carbons (Fsp3) is 0.143. The van der Waals surface area contributed by atoms with E-state index in [2.05, 4.69) is 0 Å². The van der Waals surface area contributed by atoms with Crippen LogP contribution >= 0.6 is 11.8 Å². The molecular formula is C14H14N2O2S. The van der Waals surface area contributed by atoms with Gasteiger partial charge in [-0.25, -0.2) is 0 Å². The Bertz CT molecular complexity index is 597. The summed E-state index contributed by atoms with van der Waals surface area (Å²) in [5.41, 5.74) is 9.00. The smallest absolute Gasteiger partial charge is 0.269 e. The molecule has 0 spiro atoms. The molecule has 2 aromatic carbocycles. The van der Waals surface area contributed by atoms with E-state index in [1.165, 1.54) is 12.1 Å². The third kappa shape index (κ3) is 3.48. The molecule has 0 amide bonds. The summed E-state index contributed by atoms with van der Waals surface area (Å²) in [4.78, 5) is 11.2. The number of benzene rings is 2. The van der Waals surface area contributed by atoms with Crippen LogP contribution in [0.3, 0.4) is 0 Å². The number of nitrogens with two attached hydrogens (primary N) is 1. The summed E-state index contributed by atoms with van der Waals surface area (Å²) >= 11 is 1.63. The van der Waals surface area contributed by atoms with Crippen molar-refractivity contribution in [1.29, 1.82) is 0 Å². The highest BCUT2D eigenvalue weighted by molar-refractivity contribution is 7.98. The van der Waals surface area contributed by atoms with Gasteiger partial charge in [0.15, 0.2) is 0 Å². The molecule has 0 fully saturated rings. The van der Waals surface area contributed by atoms with Crippen molar-refractivity contribution in [3.8, 4) is 0 Å². The molecule has 0 bridgehead atoms. The van der Waals surface area contributed by atoms with Crippen molar-refractivity contribution >= 4 is 23.1 Å². The summed E-state index contributed by atoms with van der Waals surface area (Å²) in [5.74, 6) is 0.741. The number of aryl methyl sites for hydroxylation is 1. The number of nitrogen functional groups attached to an aromatic ring is 1. The summed E-state index contributed by atoms with van der Waals surface area (Å²) in [6.45, 7) is 2.00. The van der Waals surface area contributed by atoms with E-state index in [9.17, 15) is 10.1 Å². The van der Waals surface area contributed by atoms with Gasteiger partial charge in [-0.1, -0.05) is 18.2 Å². The van der Waals surface area contributed by atoms with E-state index in [-0.39, 0.29) is 5.69 Å². The number of nitro groups is 1. The summed E-state index contributed by atoms with van der Waals surface area (Å²) in [7, 11) is 0. The molecule has 0 saturated carbocycles. The topological polar surface area (TPSA) is 69.2 Å². The van der Waals surface area contributed by atoms with Crippen LogP contribution in [-0.2, 0) is 5.75 Å². The first-order valence-electron chi connectivity index (χ1n) is 5.78. The molecule has 0 aliphatic rings. The zero-order chi connectivity index (χ0) is 13.8. The highest BCUT2D eigenvalue weighted by atomic mass is 32.2. The third-order valence-corrected chi connectivity index (χ3v) is 3.87. The lowest BCUT2D eigenvalue weighted by Gasteiger charge is -2.06. The number of rotatable bonds is 4. The SMILES string of the molecule is Cc1ccc(SCc2ccc([N+](=O)[O-])cc2)c(N)c1. The maximum absolute atomic E-state index is 10.6. The first kappa shape index (κ1) is 13.4. The van der Waals surface area contributed by atoms with Gasteiger partial charge in [0.1, 0.15) is 0 Å². The summed E-state index contributed by atoms with van der Waals surface area (Å²) in [6.07, 6.45) is 0. The van der Waals surface area contributed by atoms with Gasteiger partial charge in [0.25, 0.3) is 5.69 Å². The molecular weight excluding hydrogens is 260 g/mol. The second-order valence-electron chi connectivity index (χ2n) is 4.25. The maximum Gasteiger partial charge on any atom is 0.269 e. The number of nitrogens with zero attached hydrogens (tertiary/aromatic N) is 1. The molecule has 0 unspecified atom stereocenters. The van der Waals surface area contributed by atoms with Gasteiger partial charge in [-0.15, -0.1) is 11.8 Å². The zero-order valence-corrected chi connectivity index (χ0v) is 11.3. The lowest BCUT2D eigenvalue weighted by atomic mass is 10.2. The number of anilines is 1. The predicted octanol–water partition coefficient (Wildman–Crippen LogP) is 3.78. The lowest BCUT2D eigenvalue weighted by molar-refractivity contribution is -0.384. The van der Waals surface area contributed by atoms with Crippen LogP contribution in [0.5, 0.6) is 0 Å². The van der Waals surface area contributed by atoms with Crippen LogP contribution in [-0.4, -0.2) is 4.92 Å². The molecule has 0 radical (unpaired) electrons. The van der Waals surface area contributed by atoms with Gasteiger partial charge in [0.2, 0.25) is 0 Å². The Labute approximate surface area is 115 Å². The first-order valence-corrected chi connectivity index (χ1v) is 6.77.